The molecule has 35 heavy (non-hydrogen) atoms. The molecular weight excluding hydrogens is 468 g/mol. The number of thiophene rings is 1. The fourth-order valence-electron chi connectivity index (χ4n) is 4.06. The van der Waals surface area contributed by atoms with Crippen molar-refractivity contribution in [2.75, 3.05) is 27.8 Å². The van der Waals surface area contributed by atoms with Gasteiger partial charge >= 0.3 is 0 Å². The van der Waals surface area contributed by atoms with Crippen LogP contribution in [-0.2, 0) is 35.5 Å². The Morgan fingerprint density at radius 3 is 2.77 bits per heavy atom. The number of ether oxygens (including phenoxy) is 2. The second-order valence-corrected chi connectivity index (χ2v) is 9.81. The van der Waals surface area contributed by atoms with Crippen molar-refractivity contribution < 1.29 is 19.1 Å². The molecule has 4 rings (SSSR count). The Hall–Kier alpha value is -3.40. The van der Waals surface area contributed by atoms with E-state index in [1.54, 1.807) is 50.0 Å². The summed E-state index contributed by atoms with van der Waals surface area (Å²) < 4.78 is 12.4. The van der Waals surface area contributed by atoms with Crippen LogP contribution in [0.15, 0.2) is 29.3 Å². The molecular formula is C25H30N4O5S. The van der Waals surface area contributed by atoms with Gasteiger partial charge in [-0.1, -0.05) is 6.07 Å². The number of hydrogen-bond acceptors (Lipinski definition) is 7. The summed E-state index contributed by atoms with van der Waals surface area (Å²) in [6.45, 7) is 0.484. The van der Waals surface area contributed by atoms with E-state index < -0.39 is 0 Å². The monoisotopic (exact) mass is 498 g/mol. The summed E-state index contributed by atoms with van der Waals surface area (Å²) in [4.78, 5) is 45.3. The normalized spacial score (nSPS) is 12.8. The predicted molar refractivity (Wildman–Crippen MR) is 134 cm³/mol. The van der Waals surface area contributed by atoms with Gasteiger partial charge in [0.05, 0.1) is 18.8 Å². The summed E-state index contributed by atoms with van der Waals surface area (Å²) in [5.41, 5.74) is 1.92. The number of likely N-dealkylation sites (N-methyl/N-ethyl adjacent to an activating group) is 1. The smallest absolute Gasteiger partial charge is 0.262 e. The minimum atomic E-state index is -0.166. The quantitative estimate of drug-likeness (QED) is 0.486. The molecule has 2 amide bonds. The zero-order valence-corrected chi connectivity index (χ0v) is 21.1. The Bertz CT molecular complexity index is 1300. The van der Waals surface area contributed by atoms with Crippen LogP contribution < -0.4 is 20.3 Å². The van der Waals surface area contributed by atoms with Crippen molar-refractivity contribution in [2.24, 2.45) is 0 Å². The number of aryl methyl sites for hydroxylation is 3. The van der Waals surface area contributed by atoms with Gasteiger partial charge in [0.2, 0.25) is 5.91 Å². The predicted octanol–water partition coefficient (Wildman–Crippen LogP) is 2.52. The second-order valence-electron chi connectivity index (χ2n) is 8.72. The minimum Gasteiger partial charge on any atom is -0.493 e. The highest BCUT2D eigenvalue weighted by molar-refractivity contribution is 7.18. The Labute approximate surface area is 207 Å². The molecule has 10 heteroatoms. The number of benzene rings is 1. The Kier molecular flexibility index (Phi) is 7.70. The van der Waals surface area contributed by atoms with E-state index in [9.17, 15) is 14.4 Å². The average Bonchev–Trinajstić information content (AvgIpc) is 3.25. The van der Waals surface area contributed by atoms with Crippen LogP contribution in [0.3, 0.4) is 0 Å². The zero-order valence-electron chi connectivity index (χ0n) is 20.3. The van der Waals surface area contributed by atoms with Crippen LogP contribution in [0, 0.1) is 0 Å². The molecule has 0 fully saturated rings. The SMILES string of the molecule is COc1cc(CNC(=O)CCn2cnc3sc4c(c3c2=O)CCCC4)ccc1OCC(=O)N(C)C. The van der Waals surface area contributed by atoms with Gasteiger partial charge in [-0.05, 0) is 48.9 Å². The third-order valence-electron chi connectivity index (χ3n) is 6.09. The van der Waals surface area contributed by atoms with Crippen LogP contribution >= 0.6 is 11.3 Å². The molecule has 0 unspecified atom stereocenters. The van der Waals surface area contributed by atoms with Gasteiger partial charge < -0.3 is 19.7 Å². The molecule has 1 aromatic carbocycles. The van der Waals surface area contributed by atoms with Crippen molar-refractivity contribution in [3.8, 4) is 11.5 Å². The van der Waals surface area contributed by atoms with Gasteiger partial charge in [0, 0.05) is 38.5 Å². The maximum atomic E-state index is 13.0. The Morgan fingerprint density at radius 1 is 1.20 bits per heavy atom. The molecule has 0 bridgehead atoms. The number of aromatic nitrogens is 2. The summed E-state index contributed by atoms with van der Waals surface area (Å²) in [6, 6.07) is 5.28. The lowest BCUT2D eigenvalue weighted by atomic mass is 9.97. The van der Waals surface area contributed by atoms with Crippen LogP contribution in [0.25, 0.3) is 10.2 Å². The second kappa shape index (κ2) is 10.9. The summed E-state index contributed by atoms with van der Waals surface area (Å²) in [5.74, 6) is 0.611. The number of methoxy groups -OCH3 is 1. The highest BCUT2D eigenvalue weighted by Crippen LogP contribution is 2.33. The first-order valence-electron chi connectivity index (χ1n) is 11.6. The third-order valence-corrected chi connectivity index (χ3v) is 7.29. The van der Waals surface area contributed by atoms with Crippen LogP contribution in [0.1, 0.15) is 35.3 Å². The van der Waals surface area contributed by atoms with Crippen LogP contribution in [0.5, 0.6) is 11.5 Å². The third kappa shape index (κ3) is 5.64. The maximum Gasteiger partial charge on any atom is 0.262 e. The van der Waals surface area contributed by atoms with E-state index in [1.807, 2.05) is 0 Å². The van der Waals surface area contributed by atoms with E-state index in [0.29, 0.717) is 18.0 Å². The number of rotatable bonds is 9. The molecule has 2 aromatic heterocycles. The van der Waals surface area contributed by atoms with Gasteiger partial charge in [-0.15, -0.1) is 11.3 Å². The molecule has 0 atom stereocenters. The molecule has 0 saturated carbocycles. The van der Waals surface area contributed by atoms with Crippen molar-refractivity contribution >= 4 is 33.4 Å². The number of nitrogens with zero attached hydrogens (tertiary/aromatic N) is 3. The molecule has 1 N–H and O–H groups in total. The van der Waals surface area contributed by atoms with Gasteiger partial charge in [-0.3, -0.25) is 19.0 Å². The molecule has 3 aromatic rings. The summed E-state index contributed by atoms with van der Waals surface area (Å²) in [7, 11) is 4.84. The lowest BCUT2D eigenvalue weighted by Crippen LogP contribution is -2.28. The van der Waals surface area contributed by atoms with E-state index in [-0.39, 0.29) is 36.9 Å². The van der Waals surface area contributed by atoms with E-state index in [1.165, 1.54) is 21.5 Å². The number of carbonyl (C=O) groups excluding carboxylic acids is 2. The highest BCUT2D eigenvalue weighted by atomic mass is 32.1. The number of carbonyl (C=O) groups is 2. The van der Waals surface area contributed by atoms with E-state index in [2.05, 4.69) is 10.3 Å². The highest BCUT2D eigenvalue weighted by Gasteiger charge is 2.20. The number of hydrogen-bond donors (Lipinski definition) is 1. The van der Waals surface area contributed by atoms with Crippen molar-refractivity contribution in [2.45, 2.75) is 45.2 Å². The number of amides is 2. The van der Waals surface area contributed by atoms with Gasteiger partial charge in [0.25, 0.3) is 11.5 Å². The average molecular weight is 499 g/mol. The summed E-state index contributed by atoms with van der Waals surface area (Å²) >= 11 is 1.62. The van der Waals surface area contributed by atoms with Crippen molar-refractivity contribution in [1.29, 1.82) is 0 Å². The zero-order chi connectivity index (χ0) is 24.9. The minimum absolute atomic E-state index is 0.0599. The van der Waals surface area contributed by atoms with Gasteiger partial charge in [-0.25, -0.2) is 4.98 Å². The summed E-state index contributed by atoms with van der Waals surface area (Å²) in [5, 5.41) is 3.61. The van der Waals surface area contributed by atoms with Gasteiger partial charge in [0.1, 0.15) is 4.83 Å². The van der Waals surface area contributed by atoms with E-state index in [0.717, 1.165) is 47.0 Å². The maximum absolute atomic E-state index is 13.0. The van der Waals surface area contributed by atoms with Crippen molar-refractivity contribution in [3.05, 3.63) is 50.9 Å². The molecule has 0 saturated heterocycles. The van der Waals surface area contributed by atoms with Crippen molar-refractivity contribution in [1.82, 2.24) is 19.8 Å². The first kappa shape index (κ1) is 24.7. The van der Waals surface area contributed by atoms with E-state index >= 15 is 0 Å². The molecule has 1 aliphatic carbocycles. The molecule has 1 aliphatic rings. The Balaban J connectivity index is 1.34. The van der Waals surface area contributed by atoms with Gasteiger partial charge in [-0.2, -0.15) is 0 Å². The molecule has 2 heterocycles. The lowest BCUT2D eigenvalue weighted by molar-refractivity contribution is -0.130. The van der Waals surface area contributed by atoms with Crippen LogP contribution in [0.4, 0.5) is 0 Å². The Morgan fingerprint density at radius 2 is 2.00 bits per heavy atom. The van der Waals surface area contributed by atoms with Gasteiger partial charge in [0.15, 0.2) is 18.1 Å². The largest absolute Gasteiger partial charge is 0.493 e. The molecule has 9 nitrogen and oxygen atoms in total. The fraction of sp³-hybridized carbons (Fsp3) is 0.440. The molecule has 0 aliphatic heterocycles. The van der Waals surface area contributed by atoms with E-state index in [4.69, 9.17) is 9.47 Å². The van der Waals surface area contributed by atoms with Crippen LogP contribution in [-0.4, -0.2) is 54.1 Å². The standard InChI is InChI=1S/C25H30N4O5S/c1-28(2)22(31)14-34-18-9-8-16(12-19(18)33-3)13-26-21(30)10-11-29-15-27-24-23(25(29)32)17-6-4-5-7-20(17)35-24/h8-9,12,15H,4-7,10-11,13-14H2,1-3H3,(H,26,30). The van der Waals surface area contributed by atoms with Crippen molar-refractivity contribution in [3.63, 3.8) is 0 Å². The summed E-state index contributed by atoms with van der Waals surface area (Å²) in [6.07, 6.45) is 5.92. The number of nitrogens with one attached hydrogen (secondary N) is 1. The first-order chi connectivity index (χ1) is 16.9. The molecule has 0 radical (unpaired) electrons. The number of fused-ring (bicyclic) bond motifs is 3. The molecule has 0 spiro atoms. The first-order valence-corrected chi connectivity index (χ1v) is 12.4. The topological polar surface area (TPSA) is 103 Å². The lowest BCUT2D eigenvalue weighted by Gasteiger charge is -2.14. The van der Waals surface area contributed by atoms with Crippen LogP contribution in [0.2, 0.25) is 0 Å². The molecule has 186 valence electrons. The fourth-order valence-corrected chi connectivity index (χ4v) is 5.28.